The molecule has 1 aromatic rings. The minimum Gasteiger partial charge on any atom is -0.465 e. The van der Waals surface area contributed by atoms with E-state index in [0.29, 0.717) is 16.3 Å². The number of benzene rings is 1. The summed E-state index contributed by atoms with van der Waals surface area (Å²) in [4.78, 5) is 10.5. The quantitative estimate of drug-likeness (QED) is 0.869. The lowest BCUT2D eigenvalue weighted by atomic mass is 10.1. The summed E-state index contributed by atoms with van der Waals surface area (Å²) in [7, 11) is -3.43. The second kappa shape index (κ2) is 6.12. The maximum Gasteiger partial charge on any atom is 0.404 e. The van der Waals surface area contributed by atoms with E-state index < -0.39 is 16.1 Å². The Morgan fingerprint density at radius 1 is 1.47 bits per heavy atom. The largest absolute Gasteiger partial charge is 0.465 e. The number of carboxylic acid groups (broad SMARTS) is 1. The molecular weight excluding hydrogens is 292 g/mol. The molecule has 0 radical (unpaired) electrons. The first-order chi connectivity index (χ1) is 8.75. The smallest absolute Gasteiger partial charge is 0.404 e. The van der Waals surface area contributed by atoms with Crippen LogP contribution in [0.15, 0.2) is 18.2 Å². The predicted octanol–water partition coefficient (Wildman–Crippen LogP) is 1.89. The highest BCUT2D eigenvalue weighted by molar-refractivity contribution is 7.92. The van der Waals surface area contributed by atoms with Crippen molar-refractivity contribution < 1.29 is 18.3 Å². The van der Waals surface area contributed by atoms with Crippen molar-refractivity contribution in [1.82, 2.24) is 5.32 Å². The summed E-state index contributed by atoms with van der Waals surface area (Å²) in [6.07, 6.45) is -0.0900. The number of halogens is 1. The zero-order valence-corrected chi connectivity index (χ0v) is 12.1. The molecule has 0 saturated carbocycles. The van der Waals surface area contributed by atoms with E-state index in [-0.39, 0.29) is 13.1 Å². The van der Waals surface area contributed by atoms with Gasteiger partial charge in [0.2, 0.25) is 10.0 Å². The van der Waals surface area contributed by atoms with Gasteiger partial charge in [0.25, 0.3) is 0 Å². The summed E-state index contributed by atoms with van der Waals surface area (Å²) < 4.78 is 24.6. The molecule has 0 atom stereocenters. The van der Waals surface area contributed by atoms with E-state index in [2.05, 4.69) is 5.32 Å². The molecule has 19 heavy (non-hydrogen) atoms. The van der Waals surface area contributed by atoms with Crippen molar-refractivity contribution in [3.63, 3.8) is 0 Å². The van der Waals surface area contributed by atoms with E-state index in [1.165, 1.54) is 4.31 Å². The second-order valence-electron chi connectivity index (χ2n) is 3.86. The molecule has 0 saturated heterocycles. The van der Waals surface area contributed by atoms with Crippen LogP contribution in [0.4, 0.5) is 10.5 Å². The molecule has 0 aromatic heterocycles. The Morgan fingerprint density at radius 3 is 2.58 bits per heavy atom. The average Bonchev–Trinajstić information content (AvgIpc) is 2.27. The number of rotatable bonds is 5. The molecule has 1 rings (SSSR count). The Bertz CT molecular complexity index is 574. The molecule has 106 valence electrons. The van der Waals surface area contributed by atoms with Gasteiger partial charge in [-0.15, -0.1) is 0 Å². The van der Waals surface area contributed by atoms with Crippen LogP contribution in [0.5, 0.6) is 0 Å². The molecule has 2 N–H and O–H groups in total. The summed E-state index contributed by atoms with van der Waals surface area (Å²) in [5.41, 5.74) is 0.922. The Hall–Kier alpha value is -1.47. The normalized spacial score (nSPS) is 11.1. The molecular formula is C11H15ClN2O4S. The SMILES string of the molecule is CCN(c1ccc(Cl)cc1CNC(=O)O)S(C)(=O)=O. The van der Waals surface area contributed by atoms with Gasteiger partial charge in [-0.2, -0.15) is 0 Å². The van der Waals surface area contributed by atoms with Crippen LogP contribution in [-0.2, 0) is 16.6 Å². The third kappa shape index (κ3) is 4.29. The van der Waals surface area contributed by atoms with Crippen LogP contribution >= 0.6 is 11.6 Å². The molecule has 0 aliphatic heterocycles. The molecule has 0 aliphatic rings. The van der Waals surface area contributed by atoms with Gasteiger partial charge < -0.3 is 10.4 Å². The lowest BCUT2D eigenvalue weighted by Crippen LogP contribution is -2.31. The molecule has 1 amide bonds. The zero-order valence-electron chi connectivity index (χ0n) is 10.6. The summed E-state index contributed by atoms with van der Waals surface area (Å²) in [5, 5.41) is 11.2. The van der Waals surface area contributed by atoms with Gasteiger partial charge in [-0.05, 0) is 30.7 Å². The Balaban J connectivity index is 3.22. The van der Waals surface area contributed by atoms with Crippen molar-refractivity contribution in [3.8, 4) is 0 Å². The molecule has 1 aromatic carbocycles. The van der Waals surface area contributed by atoms with Crippen LogP contribution in [0.3, 0.4) is 0 Å². The summed E-state index contributed by atoms with van der Waals surface area (Å²) in [5.74, 6) is 0. The van der Waals surface area contributed by atoms with Crippen LogP contribution in [0.25, 0.3) is 0 Å². The lowest BCUT2D eigenvalue weighted by Gasteiger charge is -2.23. The number of hydrogen-bond acceptors (Lipinski definition) is 3. The zero-order chi connectivity index (χ0) is 14.6. The van der Waals surface area contributed by atoms with Crippen LogP contribution in [0.1, 0.15) is 12.5 Å². The minimum atomic E-state index is -3.43. The Kier molecular flexibility index (Phi) is 5.02. The molecule has 0 unspecified atom stereocenters. The van der Waals surface area contributed by atoms with Gasteiger partial charge in [0.05, 0.1) is 11.9 Å². The minimum absolute atomic E-state index is 0.0166. The van der Waals surface area contributed by atoms with Gasteiger partial charge in [0.15, 0.2) is 0 Å². The highest BCUT2D eigenvalue weighted by atomic mass is 35.5. The van der Waals surface area contributed by atoms with Gasteiger partial charge in [-0.25, -0.2) is 13.2 Å². The number of carbonyl (C=O) groups is 1. The molecule has 8 heteroatoms. The van der Waals surface area contributed by atoms with E-state index >= 15 is 0 Å². The standard InChI is InChI=1S/C11H15ClN2O4S/c1-3-14(19(2,17)18)10-5-4-9(12)6-8(10)7-13-11(15)16/h4-6,13H,3,7H2,1-2H3,(H,15,16). The Labute approximate surface area is 117 Å². The van der Waals surface area contributed by atoms with Gasteiger partial charge >= 0.3 is 6.09 Å². The number of hydrogen-bond donors (Lipinski definition) is 2. The van der Waals surface area contributed by atoms with Crippen molar-refractivity contribution in [2.24, 2.45) is 0 Å². The lowest BCUT2D eigenvalue weighted by molar-refractivity contribution is 0.194. The van der Waals surface area contributed by atoms with Gasteiger partial charge in [-0.3, -0.25) is 4.31 Å². The summed E-state index contributed by atoms with van der Waals surface area (Å²) in [6, 6.07) is 4.67. The molecule has 0 heterocycles. The topological polar surface area (TPSA) is 86.7 Å². The van der Waals surface area contributed by atoms with Gasteiger partial charge in [-0.1, -0.05) is 11.6 Å². The molecule has 0 spiro atoms. The first kappa shape index (κ1) is 15.6. The average molecular weight is 307 g/mol. The van der Waals surface area contributed by atoms with E-state index in [0.717, 1.165) is 6.26 Å². The van der Waals surface area contributed by atoms with Crippen molar-refractivity contribution >= 4 is 33.4 Å². The summed E-state index contributed by atoms with van der Waals surface area (Å²) >= 11 is 5.85. The van der Waals surface area contributed by atoms with Gasteiger partial charge in [0, 0.05) is 18.1 Å². The van der Waals surface area contributed by atoms with E-state index in [1.54, 1.807) is 25.1 Å². The van der Waals surface area contributed by atoms with Crippen molar-refractivity contribution in [2.45, 2.75) is 13.5 Å². The molecule has 0 aliphatic carbocycles. The monoisotopic (exact) mass is 306 g/mol. The van der Waals surface area contributed by atoms with E-state index in [4.69, 9.17) is 16.7 Å². The van der Waals surface area contributed by atoms with E-state index in [1.807, 2.05) is 0 Å². The molecule has 0 fully saturated rings. The first-order valence-corrected chi connectivity index (χ1v) is 7.71. The first-order valence-electron chi connectivity index (χ1n) is 5.48. The third-order valence-electron chi connectivity index (χ3n) is 2.43. The van der Waals surface area contributed by atoms with Crippen LogP contribution < -0.4 is 9.62 Å². The number of nitrogens with zero attached hydrogens (tertiary/aromatic N) is 1. The number of anilines is 1. The predicted molar refractivity (Wildman–Crippen MR) is 74.2 cm³/mol. The van der Waals surface area contributed by atoms with Crippen molar-refractivity contribution in [1.29, 1.82) is 0 Å². The van der Waals surface area contributed by atoms with E-state index in [9.17, 15) is 13.2 Å². The van der Waals surface area contributed by atoms with Gasteiger partial charge in [0.1, 0.15) is 0 Å². The molecule has 6 nitrogen and oxygen atoms in total. The Morgan fingerprint density at radius 2 is 2.11 bits per heavy atom. The number of nitrogens with one attached hydrogen (secondary N) is 1. The van der Waals surface area contributed by atoms with Crippen LogP contribution in [0, 0.1) is 0 Å². The third-order valence-corrected chi connectivity index (χ3v) is 3.92. The fourth-order valence-electron chi connectivity index (χ4n) is 1.69. The number of sulfonamides is 1. The number of amides is 1. The van der Waals surface area contributed by atoms with Crippen LogP contribution in [0.2, 0.25) is 5.02 Å². The summed E-state index contributed by atoms with van der Waals surface area (Å²) in [6.45, 7) is 1.93. The fourth-order valence-corrected chi connectivity index (χ4v) is 2.89. The highest BCUT2D eigenvalue weighted by Crippen LogP contribution is 2.26. The fraction of sp³-hybridized carbons (Fsp3) is 0.364. The maximum absolute atomic E-state index is 11.7. The highest BCUT2D eigenvalue weighted by Gasteiger charge is 2.18. The second-order valence-corrected chi connectivity index (χ2v) is 6.20. The maximum atomic E-state index is 11.7. The van der Waals surface area contributed by atoms with Crippen molar-refractivity contribution in [3.05, 3.63) is 28.8 Å². The van der Waals surface area contributed by atoms with Crippen LogP contribution in [-0.4, -0.2) is 32.4 Å². The van der Waals surface area contributed by atoms with Crippen molar-refractivity contribution in [2.75, 3.05) is 17.1 Å². The molecule has 0 bridgehead atoms.